The normalized spacial score (nSPS) is 36.6. The summed E-state index contributed by atoms with van der Waals surface area (Å²) in [5.41, 5.74) is 1.03. The smallest absolute Gasteiger partial charge is 0.272 e. The highest BCUT2D eigenvalue weighted by Gasteiger charge is 2.67. The first-order chi connectivity index (χ1) is 12.5. The summed E-state index contributed by atoms with van der Waals surface area (Å²) in [7, 11) is 0. The number of imide groups is 1. The van der Waals surface area contributed by atoms with Gasteiger partial charge in [-0.25, -0.2) is 0 Å². The van der Waals surface area contributed by atoms with Gasteiger partial charge >= 0.3 is 0 Å². The Morgan fingerprint density at radius 1 is 1.15 bits per heavy atom. The van der Waals surface area contributed by atoms with Gasteiger partial charge in [0.15, 0.2) is 0 Å². The van der Waals surface area contributed by atoms with E-state index in [1.54, 1.807) is 19.1 Å². The molecule has 1 heterocycles. The predicted molar refractivity (Wildman–Crippen MR) is 92.0 cm³/mol. The van der Waals surface area contributed by atoms with Crippen molar-refractivity contribution in [3.63, 3.8) is 0 Å². The molecule has 0 N–H and O–H groups in total. The Morgan fingerprint density at radius 3 is 2.35 bits per heavy atom. The zero-order valence-electron chi connectivity index (χ0n) is 14.1. The molecule has 4 aliphatic carbocycles. The van der Waals surface area contributed by atoms with Crippen LogP contribution >= 0.6 is 0 Å². The Labute approximate surface area is 149 Å². The number of rotatable bonds is 3. The fourth-order valence-corrected chi connectivity index (χ4v) is 5.08. The third kappa shape index (κ3) is 1.97. The molecule has 0 spiro atoms. The molecule has 7 nitrogen and oxygen atoms in total. The summed E-state index contributed by atoms with van der Waals surface area (Å²) in [5.74, 6) is 0.374. The van der Waals surface area contributed by atoms with E-state index < -0.39 is 4.92 Å². The summed E-state index contributed by atoms with van der Waals surface area (Å²) in [5, 5.41) is 16.1. The van der Waals surface area contributed by atoms with Gasteiger partial charge in [-0.3, -0.25) is 19.7 Å². The number of nitrogens with zero attached hydrogens (tertiary/aromatic N) is 3. The quantitative estimate of drug-likeness (QED) is 0.275. The minimum absolute atomic E-state index is 0.0102. The summed E-state index contributed by atoms with van der Waals surface area (Å²) in [4.78, 5) is 36.2. The molecule has 132 valence electrons. The first-order valence-electron chi connectivity index (χ1n) is 8.82. The molecule has 0 aromatic heterocycles. The van der Waals surface area contributed by atoms with Crippen LogP contribution in [0.5, 0.6) is 0 Å². The number of nitro benzene ring substituents is 1. The highest BCUT2D eigenvalue weighted by molar-refractivity contribution is 6.06. The van der Waals surface area contributed by atoms with E-state index in [0.29, 0.717) is 23.0 Å². The Kier molecular flexibility index (Phi) is 3.02. The van der Waals surface area contributed by atoms with Crippen molar-refractivity contribution in [2.75, 3.05) is 0 Å². The van der Waals surface area contributed by atoms with Crippen LogP contribution in [0.3, 0.4) is 0 Å². The third-order valence-electron chi connectivity index (χ3n) is 6.39. The molecule has 2 amide bonds. The molecule has 1 aromatic rings. The zero-order valence-corrected chi connectivity index (χ0v) is 14.1. The summed E-state index contributed by atoms with van der Waals surface area (Å²) in [6, 6.07) is 4.71. The van der Waals surface area contributed by atoms with Crippen molar-refractivity contribution in [2.24, 2.45) is 40.6 Å². The maximum atomic E-state index is 12.8. The van der Waals surface area contributed by atoms with Crippen LogP contribution in [0, 0.1) is 52.5 Å². The van der Waals surface area contributed by atoms with Crippen LogP contribution in [0.15, 0.2) is 35.5 Å². The van der Waals surface area contributed by atoms with E-state index in [4.69, 9.17) is 0 Å². The van der Waals surface area contributed by atoms with Crippen molar-refractivity contribution < 1.29 is 14.5 Å². The van der Waals surface area contributed by atoms with E-state index in [1.165, 1.54) is 12.3 Å². The van der Waals surface area contributed by atoms with Crippen LogP contribution in [-0.2, 0) is 9.59 Å². The van der Waals surface area contributed by atoms with Crippen molar-refractivity contribution in [3.8, 4) is 0 Å². The van der Waals surface area contributed by atoms with Gasteiger partial charge in [0.25, 0.3) is 17.5 Å². The van der Waals surface area contributed by atoms with E-state index in [0.717, 1.165) is 11.4 Å². The topological polar surface area (TPSA) is 92.9 Å². The van der Waals surface area contributed by atoms with Gasteiger partial charge in [-0.05, 0) is 37.0 Å². The van der Waals surface area contributed by atoms with Gasteiger partial charge in [-0.15, -0.1) is 0 Å². The second-order valence-electron chi connectivity index (χ2n) is 7.69. The number of aryl methyl sites for hydroxylation is 1. The van der Waals surface area contributed by atoms with E-state index in [-0.39, 0.29) is 41.2 Å². The Balaban J connectivity index is 1.43. The summed E-state index contributed by atoms with van der Waals surface area (Å²) >= 11 is 0. The van der Waals surface area contributed by atoms with Gasteiger partial charge in [-0.2, -0.15) is 10.1 Å². The van der Waals surface area contributed by atoms with Crippen molar-refractivity contribution in [3.05, 3.63) is 51.6 Å². The van der Waals surface area contributed by atoms with Crippen LogP contribution in [0.25, 0.3) is 0 Å². The monoisotopic (exact) mass is 351 g/mol. The minimum Gasteiger partial charge on any atom is -0.272 e. The Morgan fingerprint density at radius 2 is 1.77 bits per heavy atom. The lowest BCUT2D eigenvalue weighted by molar-refractivity contribution is -0.385. The molecular formula is C19H17N3O4. The van der Waals surface area contributed by atoms with Crippen LogP contribution in [0.2, 0.25) is 0 Å². The van der Waals surface area contributed by atoms with Crippen molar-refractivity contribution in [1.29, 1.82) is 0 Å². The van der Waals surface area contributed by atoms with Crippen molar-refractivity contribution in [1.82, 2.24) is 5.01 Å². The number of hydrogen-bond acceptors (Lipinski definition) is 5. The first kappa shape index (κ1) is 15.4. The highest BCUT2D eigenvalue weighted by atomic mass is 16.6. The lowest BCUT2D eigenvalue weighted by Gasteiger charge is -2.37. The van der Waals surface area contributed by atoms with Crippen LogP contribution in [0.4, 0.5) is 5.69 Å². The molecule has 6 unspecified atom stereocenters. The predicted octanol–water partition coefficient (Wildman–Crippen LogP) is 2.29. The number of hydrogen-bond donors (Lipinski definition) is 0. The summed E-state index contributed by atoms with van der Waals surface area (Å²) < 4.78 is 0. The van der Waals surface area contributed by atoms with E-state index in [1.807, 2.05) is 0 Å². The summed E-state index contributed by atoms with van der Waals surface area (Å²) in [6.07, 6.45) is 6.70. The van der Waals surface area contributed by atoms with Gasteiger partial charge in [0, 0.05) is 17.2 Å². The first-order valence-corrected chi connectivity index (χ1v) is 8.82. The Hall–Kier alpha value is -2.83. The van der Waals surface area contributed by atoms with Crippen LogP contribution in [-0.4, -0.2) is 28.0 Å². The SMILES string of the molecule is Cc1ccc(/C=N/N2C(=O)C3C4C=CC(C5CC45)C3C2=O)cc1[N+](=O)[O-]. The molecule has 6 rings (SSSR count). The van der Waals surface area contributed by atoms with Gasteiger partial charge in [0.05, 0.1) is 23.0 Å². The van der Waals surface area contributed by atoms with Crippen molar-refractivity contribution in [2.45, 2.75) is 13.3 Å². The molecule has 1 saturated heterocycles. The highest BCUT2D eigenvalue weighted by Crippen LogP contribution is 2.65. The summed E-state index contributed by atoms with van der Waals surface area (Å²) in [6.45, 7) is 1.66. The number of amides is 2. The maximum absolute atomic E-state index is 12.8. The number of nitro groups is 1. The average molecular weight is 351 g/mol. The van der Waals surface area contributed by atoms with E-state index in [9.17, 15) is 19.7 Å². The van der Waals surface area contributed by atoms with Crippen LogP contribution in [0.1, 0.15) is 17.5 Å². The molecule has 1 aliphatic heterocycles. The fraction of sp³-hybridized carbons (Fsp3) is 0.421. The molecule has 5 aliphatic rings. The lowest BCUT2D eigenvalue weighted by Crippen LogP contribution is -2.40. The second-order valence-corrected chi connectivity index (χ2v) is 7.69. The molecule has 3 fully saturated rings. The zero-order chi connectivity index (χ0) is 18.2. The minimum atomic E-state index is -0.455. The number of carbonyl (C=O) groups excluding carboxylic acids is 2. The molecule has 2 bridgehead atoms. The Bertz CT molecular complexity index is 885. The number of hydrazone groups is 1. The van der Waals surface area contributed by atoms with Crippen LogP contribution < -0.4 is 0 Å². The molecule has 2 saturated carbocycles. The fourth-order valence-electron chi connectivity index (χ4n) is 5.08. The third-order valence-corrected chi connectivity index (χ3v) is 6.39. The second kappa shape index (κ2) is 5.09. The molecule has 1 aromatic carbocycles. The number of benzene rings is 1. The standard InChI is InChI=1S/C19H17N3O4/c1-9-2-3-10(6-15(9)22(25)26)8-20-21-18(23)16-11-4-5-12(14-7-13(11)14)17(16)19(21)24/h2-6,8,11-14,16-17H,7H2,1H3/b20-8+. The molecule has 7 heteroatoms. The van der Waals surface area contributed by atoms with E-state index in [2.05, 4.69) is 17.3 Å². The number of allylic oxidation sites excluding steroid dienone is 2. The molecule has 0 radical (unpaired) electrons. The number of carbonyl (C=O) groups is 2. The lowest BCUT2D eigenvalue weighted by atomic mass is 9.63. The average Bonchev–Trinajstić information content (AvgIpc) is 3.40. The van der Waals surface area contributed by atoms with Gasteiger partial charge in [0.1, 0.15) is 0 Å². The van der Waals surface area contributed by atoms with Gasteiger partial charge in [0.2, 0.25) is 0 Å². The van der Waals surface area contributed by atoms with E-state index >= 15 is 0 Å². The van der Waals surface area contributed by atoms with Crippen molar-refractivity contribution >= 4 is 23.7 Å². The molecule has 26 heavy (non-hydrogen) atoms. The molecular weight excluding hydrogens is 334 g/mol. The maximum Gasteiger partial charge on any atom is 0.272 e. The molecule has 6 atom stereocenters. The van der Waals surface area contributed by atoms with Gasteiger partial charge in [-0.1, -0.05) is 24.3 Å². The largest absolute Gasteiger partial charge is 0.272 e. The van der Waals surface area contributed by atoms with Gasteiger partial charge < -0.3 is 0 Å².